The number of nitrogens with two attached hydrogens (primary N) is 3. The Hall–Kier alpha value is -8.69. The number of hydrogen-bond donors (Lipinski definition) is 14. The molecule has 86 heavy (non-hydrogen) atoms. The summed E-state index contributed by atoms with van der Waals surface area (Å²) in [6.45, 7) is -0.609. The fraction of sp³-hybridized carbons (Fsp3) is 0.517. The molecule has 0 saturated carbocycles. The topological polar surface area (TPSA) is 417 Å². The highest BCUT2D eigenvalue weighted by atomic mass is 32.2. The second-order valence-electron chi connectivity index (χ2n) is 21.9. The number of carbonyl (C=O) groups excluding carboxylic acids is 10. The molecule has 3 aliphatic rings. The van der Waals surface area contributed by atoms with Crippen LogP contribution in [-0.4, -0.2) is 171 Å². The van der Waals surface area contributed by atoms with Crippen LogP contribution in [0.3, 0.4) is 0 Å². The highest BCUT2D eigenvalue weighted by Gasteiger charge is 2.42. The highest BCUT2D eigenvalue weighted by Crippen LogP contribution is 2.33. The Kier molecular flexibility index (Phi) is 25.0. The summed E-state index contributed by atoms with van der Waals surface area (Å²) in [4.78, 5) is 153. The van der Waals surface area contributed by atoms with Gasteiger partial charge in [-0.2, -0.15) is 11.8 Å². The van der Waals surface area contributed by atoms with Crippen molar-refractivity contribution in [3.63, 3.8) is 0 Å². The first-order chi connectivity index (χ1) is 41.5. The molecule has 7 rings (SSSR count). The van der Waals surface area contributed by atoms with E-state index in [9.17, 15) is 47.9 Å². The van der Waals surface area contributed by atoms with Gasteiger partial charge >= 0.3 is 6.03 Å². The molecule has 0 unspecified atom stereocenters. The number of carbonyl (C=O) groups is 10. The maximum atomic E-state index is 14.7. The zero-order valence-corrected chi connectivity index (χ0v) is 49.0. The van der Waals surface area contributed by atoms with Crippen LogP contribution in [0.5, 0.6) is 0 Å². The molecule has 464 valence electrons. The maximum Gasteiger partial charge on any atom is 0.315 e. The third kappa shape index (κ3) is 20.5. The number of imidazole rings is 1. The molecule has 8 atom stereocenters. The van der Waals surface area contributed by atoms with Crippen molar-refractivity contribution in [2.45, 2.75) is 150 Å². The van der Waals surface area contributed by atoms with Crippen LogP contribution in [0.1, 0.15) is 100 Å². The predicted molar refractivity (Wildman–Crippen MR) is 322 cm³/mol. The first-order valence-electron chi connectivity index (χ1n) is 29.4. The highest BCUT2D eigenvalue weighted by molar-refractivity contribution is 8.00. The molecule has 5 heterocycles. The Morgan fingerprint density at radius 3 is 2.13 bits per heavy atom. The number of aromatic nitrogens is 3. The van der Waals surface area contributed by atoms with Gasteiger partial charge in [-0.1, -0.05) is 61.4 Å². The maximum absolute atomic E-state index is 14.7. The lowest BCUT2D eigenvalue weighted by atomic mass is 10.0. The Morgan fingerprint density at radius 1 is 0.674 bits per heavy atom. The standard InChI is InChI=1S/C58H81N17O10S/c59-52(80)40-18-10-12-24-64-48(77)31-75(50(79)22-5-2-11-23-63-47(76)21-9-8-20-46-51-45(33-86-46)73-58(85)74-51)32-49(78)68-44(28-37-30-62-34-67-37)56(84)71-42(26-35-14-3-1-4-15-35)54(82)70-41(19-13-25-65-57(60)61)53(81)72-43(55(83)69-40)27-36-29-66-39-17-7-6-16-38(36)39/h1,3-4,6-7,14-17,29-30,34,40-46,51,66H,2,5,8-13,18-28,31-33H2,(H2,59,80)(H,62,67)(H,63,76)(H,64,77)(H,68,78)(H,69,83)(H,70,82)(H,71,84)(H,72,81)(H4,60,61,65)(H2,73,74,85)/t40-,41-,42+,43-,44-,45-,46-,51-/m0/s1. The number of thioether (sulfide) groups is 1. The van der Waals surface area contributed by atoms with Gasteiger partial charge in [0.15, 0.2) is 5.96 Å². The second kappa shape index (κ2) is 33.1. The largest absolute Gasteiger partial charge is 0.370 e. The average molecular weight is 1210 g/mol. The van der Waals surface area contributed by atoms with Gasteiger partial charge in [0, 0.05) is 91.7 Å². The Balaban J connectivity index is 1.07. The Bertz CT molecular complexity index is 2990. The molecular formula is C58H81N17O10S. The molecular weight excluding hydrogens is 1130 g/mol. The molecule has 2 aromatic heterocycles. The first-order valence-corrected chi connectivity index (χ1v) is 30.5. The molecule has 11 amide bonds. The van der Waals surface area contributed by atoms with E-state index in [0.29, 0.717) is 67.1 Å². The van der Waals surface area contributed by atoms with E-state index in [1.165, 1.54) is 12.5 Å². The van der Waals surface area contributed by atoms with Crippen molar-refractivity contribution in [3.8, 4) is 0 Å². The summed E-state index contributed by atoms with van der Waals surface area (Å²) in [6.07, 6.45) is 9.32. The molecule has 0 bridgehead atoms. The quantitative estimate of drug-likeness (QED) is 0.0203. The number of hydrogen-bond acceptors (Lipinski definition) is 13. The number of rotatable bonds is 22. The fourth-order valence-electron chi connectivity index (χ4n) is 10.7. The lowest BCUT2D eigenvalue weighted by molar-refractivity contribution is -0.140. The third-order valence-electron chi connectivity index (χ3n) is 15.2. The predicted octanol–water partition coefficient (Wildman–Crippen LogP) is -0.587. The number of nitrogens with one attached hydrogen (secondary N) is 11. The summed E-state index contributed by atoms with van der Waals surface area (Å²) >= 11 is 1.83. The van der Waals surface area contributed by atoms with Crippen LogP contribution in [0.25, 0.3) is 10.9 Å². The van der Waals surface area contributed by atoms with Crippen LogP contribution in [-0.2, 0) is 62.4 Å². The van der Waals surface area contributed by atoms with Gasteiger partial charge in [0.05, 0.1) is 18.4 Å². The number of nitrogens with zero attached hydrogens (tertiary/aromatic N) is 3. The van der Waals surface area contributed by atoms with Gasteiger partial charge in [-0.05, 0) is 75.0 Å². The first kappa shape index (κ1) is 64.9. The van der Waals surface area contributed by atoms with Gasteiger partial charge in [0.2, 0.25) is 53.2 Å². The second-order valence-corrected chi connectivity index (χ2v) is 23.1. The molecule has 17 N–H and O–H groups in total. The van der Waals surface area contributed by atoms with Gasteiger partial charge in [-0.25, -0.2) is 9.78 Å². The average Bonchev–Trinajstić information content (AvgIpc) is 2.32. The zero-order valence-electron chi connectivity index (χ0n) is 48.2. The molecule has 4 aromatic rings. The van der Waals surface area contributed by atoms with E-state index in [-0.39, 0.29) is 94.4 Å². The zero-order chi connectivity index (χ0) is 61.4. The molecule has 27 nitrogen and oxygen atoms in total. The van der Waals surface area contributed by atoms with E-state index in [0.717, 1.165) is 34.4 Å². The molecule has 0 aliphatic carbocycles. The number of fused-ring (bicyclic) bond motifs is 2. The number of aromatic amines is 2. The van der Waals surface area contributed by atoms with Crippen LogP contribution < -0.4 is 65.1 Å². The van der Waals surface area contributed by atoms with E-state index < -0.39 is 90.6 Å². The summed E-state index contributed by atoms with van der Waals surface area (Å²) in [5.74, 6) is -5.29. The molecule has 0 spiro atoms. The molecule has 3 fully saturated rings. The lowest BCUT2D eigenvalue weighted by Crippen LogP contribution is -2.60. The number of para-hydroxylation sites is 1. The number of primary amides is 1. The van der Waals surface area contributed by atoms with Crippen molar-refractivity contribution >= 4 is 87.8 Å². The van der Waals surface area contributed by atoms with Crippen molar-refractivity contribution in [2.75, 3.05) is 38.5 Å². The Labute approximate surface area is 502 Å². The summed E-state index contributed by atoms with van der Waals surface area (Å²) < 4.78 is 0. The number of benzene rings is 2. The minimum absolute atomic E-state index is 0.0427. The van der Waals surface area contributed by atoms with Crippen molar-refractivity contribution < 1.29 is 47.9 Å². The number of amides is 11. The number of H-pyrrole nitrogens is 2. The SMILES string of the molecule is NC(=O)[C@@H]1CCCCNC(=O)CN(C(=O)CCCCCNC(=O)CCCC[C@@H]2SC[C@@H]3NC(=O)N[C@@H]32)CC(=O)N[C@@H](Cc2cnc[nH]2)C(=O)N[C@H](Cc2ccccc2)C(=O)N[C@@H](CCCN=C(N)N)C(=O)N[C@@H](Cc2c[nH]c3ccccc23)C(=O)N1. The van der Waals surface area contributed by atoms with E-state index in [1.807, 2.05) is 36.0 Å². The fourth-order valence-corrected chi connectivity index (χ4v) is 12.2. The van der Waals surface area contributed by atoms with Gasteiger partial charge in [-0.15, -0.1) is 0 Å². The van der Waals surface area contributed by atoms with Crippen molar-refractivity contribution in [2.24, 2.45) is 22.2 Å². The van der Waals surface area contributed by atoms with Gasteiger partial charge in [0.1, 0.15) is 43.3 Å². The number of guanidine groups is 1. The minimum atomic E-state index is -1.38. The van der Waals surface area contributed by atoms with Gasteiger partial charge in [0.25, 0.3) is 0 Å². The van der Waals surface area contributed by atoms with Crippen LogP contribution in [0.2, 0.25) is 0 Å². The minimum Gasteiger partial charge on any atom is -0.370 e. The van der Waals surface area contributed by atoms with E-state index >= 15 is 0 Å². The lowest BCUT2D eigenvalue weighted by Gasteiger charge is -2.28. The normalized spacial score (nSPS) is 23.0. The van der Waals surface area contributed by atoms with E-state index in [4.69, 9.17) is 17.2 Å². The molecule has 28 heteroatoms. The summed E-state index contributed by atoms with van der Waals surface area (Å²) in [7, 11) is 0. The van der Waals surface area contributed by atoms with Gasteiger partial charge in [-0.3, -0.25) is 48.1 Å². The molecule has 2 aromatic carbocycles. The molecule has 3 saturated heterocycles. The van der Waals surface area contributed by atoms with Crippen molar-refractivity contribution in [1.82, 2.24) is 67.7 Å². The Morgan fingerprint density at radius 2 is 1.37 bits per heavy atom. The summed E-state index contributed by atoms with van der Waals surface area (Å²) in [5.41, 5.74) is 19.5. The monoisotopic (exact) mass is 1210 g/mol. The number of unbranched alkanes of at least 4 members (excludes halogenated alkanes) is 3. The third-order valence-corrected chi connectivity index (χ3v) is 16.8. The number of urea groups is 1. The van der Waals surface area contributed by atoms with Crippen molar-refractivity contribution in [3.05, 3.63) is 90.1 Å². The molecule has 0 radical (unpaired) electrons. The molecule has 3 aliphatic heterocycles. The van der Waals surface area contributed by atoms with Crippen LogP contribution in [0.4, 0.5) is 4.79 Å². The summed E-state index contributed by atoms with van der Waals surface area (Å²) in [6, 6.07) is 9.62. The summed E-state index contributed by atoms with van der Waals surface area (Å²) in [5, 5.41) is 26.5. The van der Waals surface area contributed by atoms with Crippen LogP contribution >= 0.6 is 11.8 Å². The van der Waals surface area contributed by atoms with E-state index in [1.54, 1.807) is 36.5 Å². The van der Waals surface area contributed by atoms with Gasteiger partial charge < -0.3 is 79.9 Å². The van der Waals surface area contributed by atoms with Crippen LogP contribution in [0, 0.1) is 0 Å². The van der Waals surface area contributed by atoms with E-state index in [2.05, 4.69) is 67.8 Å². The van der Waals surface area contributed by atoms with Crippen molar-refractivity contribution in [1.29, 1.82) is 0 Å². The smallest absolute Gasteiger partial charge is 0.315 e. The van der Waals surface area contributed by atoms with Crippen LogP contribution in [0.15, 0.2) is 78.3 Å². The number of aliphatic imine (C=N–C) groups is 1.